The molecule has 0 bridgehead atoms. The van der Waals surface area contributed by atoms with Crippen molar-refractivity contribution in [2.75, 3.05) is 14.2 Å². The van der Waals surface area contributed by atoms with Crippen molar-refractivity contribution < 1.29 is 9.47 Å². The van der Waals surface area contributed by atoms with Crippen LogP contribution in [0.3, 0.4) is 0 Å². The van der Waals surface area contributed by atoms with Crippen LogP contribution in [0.4, 0.5) is 0 Å². The first-order valence-electron chi connectivity index (χ1n) is 10.0. The van der Waals surface area contributed by atoms with E-state index in [4.69, 9.17) is 19.4 Å². The van der Waals surface area contributed by atoms with E-state index in [0.717, 1.165) is 50.8 Å². The van der Waals surface area contributed by atoms with E-state index in [1.54, 1.807) is 14.2 Å². The Morgan fingerprint density at radius 3 is 1.70 bits per heavy atom. The zero-order valence-electron chi connectivity index (χ0n) is 18.7. The maximum absolute atomic E-state index is 5.60. The van der Waals surface area contributed by atoms with Crippen molar-refractivity contribution in [3.05, 3.63) is 76.1 Å². The number of nitrogens with zero attached hydrogens (tertiary/aromatic N) is 4. The molecule has 0 unspecified atom stereocenters. The highest BCUT2D eigenvalue weighted by Crippen LogP contribution is 2.27. The number of hydrogen-bond donors (Lipinski definition) is 0. The number of pyridine rings is 3. The Kier molecular flexibility index (Phi) is 7.00. The molecule has 0 aliphatic rings. The van der Waals surface area contributed by atoms with Crippen molar-refractivity contribution in [1.29, 1.82) is 0 Å². The lowest BCUT2D eigenvalue weighted by Gasteiger charge is -2.24. The molecule has 0 spiro atoms. The first-order chi connectivity index (χ1) is 14.4. The van der Waals surface area contributed by atoms with Gasteiger partial charge in [0.15, 0.2) is 0 Å². The molecule has 3 aromatic heterocycles. The highest BCUT2D eigenvalue weighted by molar-refractivity contribution is 5.42. The molecule has 3 rings (SSSR count). The Morgan fingerprint density at radius 2 is 1.27 bits per heavy atom. The van der Waals surface area contributed by atoms with Crippen LogP contribution in [0.2, 0.25) is 0 Å². The zero-order valence-corrected chi connectivity index (χ0v) is 18.7. The summed E-state index contributed by atoms with van der Waals surface area (Å²) < 4.78 is 11.2. The first kappa shape index (κ1) is 21.7. The fourth-order valence-electron chi connectivity index (χ4n) is 3.77. The third kappa shape index (κ3) is 4.76. The highest BCUT2D eigenvalue weighted by atomic mass is 16.5. The van der Waals surface area contributed by atoms with Gasteiger partial charge in [0.1, 0.15) is 11.5 Å². The molecule has 0 saturated heterocycles. The lowest BCUT2D eigenvalue weighted by atomic mass is 10.1. The van der Waals surface area contributed by atoms with Crippen molar-refractivity contribution in [2.24, 2.45) is 0 Å². The average Bonchev–Trinajstić information content (AvgIpc) is 2.73. The van der Waals surface area contributed by atoms with Gasteiger partial charge in [0.05, 0.1) is 31.3 Å². The Morgan fingerprint density at radius 1 is 0.733 bits per heavy atom. The molecule has 30 heavy (non-hydrogen) atoms. The van der Waals surface area contributed by atoms with Crippen LogP contribution in [0.5, 0.6) is 11.5 Å². The molecule has 0 fully saturated rings. The maximum Gasteiger partial charge on any atom is 0.128 e. The minimum atomic E-state index is 0.663. The summed E-state index contributed by atoms with van der Waals surface area (Å²) in [4.78, 5) is 16.2. The van der Waals surface area contributed by atoms with Crippen molar-refractivity contribution in [1.82, 2.24) is 19.9 Å². The summed E-state index contributed by atoms with van der Waals surface area (Å²) in [5.41, 5.74) is 7.19. The van der Waals surface area contributed by atoms with Gasteiger partial charge in [-0.05, 0) is 39.8 Å². The van der Waals surface area contributed by atoms with Gasteiger partial charge in [0, 0.05) is 60.5 Å². The summed E-state index contributed by atoms with van der Waals surface area (Å²) in [6.07, 6.45) is 5.57. The number of rotatable bonds is 8. The fourth-order valence-corrected chi connectivity index (χ4v) is 3.77. The Balaban J connectivity index is 1.94. The largest absolute Gasteiger partial charge is 0.496 e. The average molecular weight is 407 g/mol. The highest BCUT2D eigenvalue weighted by Gasteiger charge is 2.18. The predicted molar refractivity (Wildman–Crippen MR) is 118 cm³/mol. The standard InChI is InChI=1S/C24H30N4O2/c1-16-11-26-21(18(3)23(16)29-5)14-28(13-20-9-7-8-10-25-20)15-22-19(4)24(30-6)17(2)12-27-22/h7-12H,13-15H2,1-6H3. The van der Waals surface area contributed by atoms with Gasteiger partial charge in [0.25, 0.3) is 0 Å². The molecule has 0 aliphatic carbocycles. The molecular weight excluding hydrogens is 376 g/mol. The van der Waals surface area contributed by atoms with Crippen molar-refractivity contribution in [2.45, 2.75) is 47.3 Å². The van der Waals surface area contributed by atoms with Crippen LogP contribution in [0.1, 0.15) is 39.3 Å². The number of hydrogen-bond acceptors (Lipinski definition) is 6. The van der Waals surface area contributed by atoms with Crippen molar-refractivity contribution >= 4 is 0 Å². The molecular formula is C24H30N4O2. The second-order valence-electron chi connectivity index (χ2n) is 7.56. The first-order valence-corrected chi connectivity index (χ1v) is 10.0. The van der Waals surface area contributed by atoms with Crippen LogP contribution >= 0.6 is 0 Å². The Labute approximate surface area is 178 Å². The van der Waals surface area contributed by atoms with Gasteiger partial charge in [-0.1, -0.05) is 6.07 Å². The summed E-state index contributed by atoms with van der Waals surface area (Å²) in [5, 5.41) is 0. The topological polar surface area (TPSA) is 60.4 Å². The van der Waals surface area contributed by atoms with Crippen LogP contribution in [-0.4, -0.2) is 34.1 Å². The van der Waals surface area contributed by atoms with Gasteiger partial charge in [0.2, 0.25) is 0 Å². The molecule has 3 aromatic rings. The smallest absolute Gasteiger partial charge is 0.128 e. The number of ether oxygens (including phenoxy) is 2. The lowest BCUT2D eigenvalue weighted by molar-refractivity contribution is 0.236. The van der Waals surface area contributed by atoms with Crippen LogP contribution in [0.25, 0.3) is 0 Å². The third-order valence-electron chi connectivity index (χ3n) is 5.36. The van der Waals surface area contributed by atoms with E-state index in [0.29, 0.717) is 19.6 Å². The van der Waals surface area contributed by atoms with Crippen molar-refractivity contribution in [3.63, 3.8) is 0 Å². The van der Waals surface area contributed by atoms with E-state index in [1.165, 1.54) is 0 Å². The van der Waals surface area contributed by atoms with Crippen LogP contribution in [-0.2, 0) is 19.6 Å². The molecule has 0 amide bonds. The third-order valence-corrected chi connectivity index (χ3v) is 5.36. The van der Waals surface area contributed by atoms with Crippen LogP contribution in [0, 0.1) is 27.7 Å². The molecule has 0 N–H and O–H groups in total. The number of aromatic nitrogens is 3. The normalized spacial score (nSPS) is 11.0. The van der Waals surface area contributed by atoms with E-state index in [1.807, 2.05) is 50.6 Å². The maximum atomic E-state index is 5.60. The molecule has 0 radical (unpaired) electrons. The minimum absolute atomic E-state index is 0.663. The summed E-state index contributed by atoms with van der Waals surface area (Å²) in [6.45, 7) is 10.2. The lowest BCUT2D eigenvalue weighted by Crippen LogP contribution is -2.25. The SMILES string of the molecule is COc1c(C)cnc(CN(Cc2ccccn2)Cc2ncc(C)c(OC)c2C)c1C. The van der Waals surface area contributed by atoms with E-state index in [2.05, 4.69) is 23.7 Å². The van der Waals surface area contributed by atoms with Crippen LogP contribution < -0.4 is 9.47 Å². The minimum Gasteiger partial charge on any atom is -0.496 e. The van der Waals surface area contributed by atoms with Gasteiger partial charge in [-0.3, -0.25) is 19.9 Å². The van der Waals surface area contributed by atoms with E-state index < -0.39 is 0 Å². The van der Waals surface area contributed by atoms with E-state index in [9.17, 15) is 0 Å². The predicted octanol–water partition coefficient (Wildman–Crippen LogP) is 4.32. The Bertz CT molecular complexity index is 944. The molecule has 6 nitrogen and oxygen atoms in total. The monoisotopic (exact) mass is 406 g/mol. The van der Waals surface area contributed by atoms with Gasteiger partial charge < -0.3 is 9.47 Å². The van der Waals surface area contributed by atoms with Crippen LogP contribution in [0.15, 0.2) is 36.8 Å². The van der Waals surface area contributed by atoms with Crippen molar-refractivity contribution in [3.8, 4) is 11.5 Å². The Hall–Kier alpha value is -2.99. The molecule has 0 saturated carbocycles. The second-order valence-corrected chi connectivity index (χ2v) is 7.56. The molecule has 0 atom stereocenters. The summed E-state index contributed by atoms with van der Waals surface area (Å²) >= 11 is 0. The molecule has 6 heteroatoms. The second kappa shape index (κ2) is 9.67. The van der Waals surface area contributed by atoms with Gasteiger partial charge in [-0.25, -0.2) is 0 Å². The van der Waals surface area contributed by atoms with Gasteiger partial charge in [-0.2, -0.15) is 0 Å². The molecule has 3 heterocycles. The summed E-state index contributed by atoms with van der Waals surface area (Å²) in [5.74, 6) is 1.79. The van der Waals surface area contributed by atoms with E-state index >= 15 is 0 Å². The fraction of sp³-hybridized carbons (Fsp3) is 0.375. The number of aryl methyl sites for hydroxylation is 2. The molecule has 158 valence electrons. The summed E-state index contributed by atoms with van der Waals surface area (Å²) in [7, 11) is 3.41. The van der Waals surface area contributed by atoms with E-state index in [-0.39, 0.29) is 0 Å². The zero-order chi connectivity index (χ0) is 21.7. The van der Waals surface area contributed by atoms with Gasteiger partial charge >= 0.3 is 0 Å². The van der Waals surface area contributed by atoms with Gasteiger partial charge in [-0.15, -0.1) is 0 Å². The molecule has 0 aliphatic heterocycles. The number of methoxy groups -OCH3 is 2. The summed E-state index contributed by atoms with van der Waals surface area (Å²) in [6, 6.07) is 5.98. The quantitative estimate of drug-likeness (QED) is 0.555. The molecule has 0 aromatic carbocycles.